The van der Waals surface area contributed by atoms with Crippen LogP contribution in [0.25, 0.3) is 5.69 Å². The molecule has 25 heavy (non-hydrogen) atoms. The largest absolute Gasteiger partial charge is 0.310 e. The van der Waals surface area contributed by atoms with Gasteiger partial charge in [-0.1, -0.05) is 11.6 Å². The Hall–Kier alpha value is -3.24. The first kappa shape index (κ1) is 16.6. The van der Waals surface area contributed by atoms with E-state index in [4.69, 9.17) is 16.9 Å². The maximum atomic E-state index is 12.8. The topological polar surface area (TPSA) is 83.6 Å². The van der Waals surface area contributed by atoms with Crippen LogP contribution >= 0.6 is 11.6 Å². The van der Waals surface area contributed by atoms with Crippen molar-refractivity contribution >= 4 is 23.3 Å². The van der Waals surface area contributed by atoms with Crippen LogP contribution < -0.4 is 5.32 Å². The average molecular weight is 356 g/mol. The van der Waals surface area contributed by atoms with E-state index in [2.05, 4.69) is 15.4 Å². The van der Waals surface area contributed by atoms with Crippen LogP contribution in [-0.2, 0) is 11.2 Å². The molecule has 0 saturated heterocycles. The van der Waals surface area contributed by atoms with Crippen LogP contribution in [-0.4, -0.2) is 20.7 Å². The summed E-state index contributed by atoms with van der Waals surface area (Å²) in [5.41, 5.74) is 1.60. The Morgan fingerprint density at radius 3 is 2.84 bits per heavy atom. The minimum absolute atomic E-state index is 0.0378. The summed E-state index contributed by atoms with van der Waals surface area (Å²) < 4.78 is 14.4. The van der Waals surface area contributed by atoms with Gasteiger partial charge in [0.25, 0.3) is 0 Å². The number of carbonyl (C=O) groups excluding carboxylic acids is 1. The van der Waals surface area contributed by atoms with E-state index in [1.807, 2.05) is 6.07 Å². The SMILES string of the molecule is N#Cc1ccc(-n2ccc(CC(=O)Nc3ccc(F)cn3)n2)cc1Cl. The van der Waals surface area contributed by atoms with Crippen LogP contribution in [0.1, 0.15) is 11.3 Å². The molecule has 3 rings (SSSR count). The van der Waals surface area contributed by atoms with Gasteiger partial charge in [0, 0.05) is 6.20 Å². The average Bonchev–Trinajstić information content (AvgIpc) is 3.05. The van der Waals surface area contributed by atoms with Gasteiger partial charge in [-0.05, 0) is 36.4 Å². The number of anilines is 1. The molecule has 0 aliphatic carbocycles. The van der Waals surface area contributed by atoms with Crippen molar-refractivity contribution in [3.63, 3.8) is 0 Å². The van der Waals surface area contributed by atoms with Gasteiger partial charge in [-0.15, -0.1) is 0 Å². The fourth-order valence-electron chi connectivity index (χ4n) is 2.14. The second kappa shape index (κ2) is 7.11. The predicted octanol–water partition coefficient (Wildman–Crippen LogP) is 3.11. The Kier molecular flexibility index (Phi) is 4.73. The summed E-state index contributed by atoms with van der Waals surface area (Å²) in [4.78, 5) is 15.8. The van der Waals surface area contributed by atoms with E-state index in [1.165, 1.54) is 12.1 Å². The monoisotopic (exact) mass is 355 g/mol. The van der Waals surface area contributed by atoms with Crippen molar-refractivity contribution < 1.29 is 9.18 Å². The number of halogens is 2. The van der Waals surface area contributed by atoms with E-state index in [1.54, 1.807) is 35.1 Å². The number of nitrogens with zero attached hydrogens (tertiary/aromatic N) is 4. The molecule has 0 unspecified atom stereocenters. The van der Waals surface area contributed by atoms with E-state index in [-0.39, 0.29) is 18.1 Å². The summed E-state index contributed by atoms with van der Waals surface area (Å²) in [6.07, 6.45) is 2.76. The number of benzene rings is 1. The highest BCUT2D eigenvalue weighted by Gasteiger charge is 2.09. The van der Waals surface area contributed by atoms with Gasteiger partial charge in [0.2, 0.25) is 5.91 Å². The summed E-state index contributed by atoms with van der Waals surface area (Å²) in [6.45, 7) is 0. The Morgan fingerprint density at radius 1 is 1.32 bits per heavy atom. The molecule has 6 nitrogen and oxygen atoms in total. The third-order valence-electron chi connectivity index (χ3n) is 3.32. The van der Waals surface area contributed by atoms with Crippen LogP contribution in [0.15, 0.2) is 48.8 Å². The number of rotatable bonds is 4. The van der Waals surface area contributed by atoms with Crippen molar-refractivity contribution in [2.75, 3.05) is 5.32 Å². The number of nitriles is 1. The molecule has 8 heteroatoms. The maximum Gasteiger partial charge on any atom is 0.231 e. The lowest BCUT2D eigenvalue weighted by Crippen LogP contribution is -2.15. The number of aromatic nitrogens is 3. The number of nitrogens with one attached hydrogen (secondary N) is 1. The molecule has 2 aromatic heterocycles. The minimum Gasteiger partial charge on any atom is -0.310 e. The molecular formula is C17H11ClFN5O. The number of carbonyl (C=O) groups is 1. The molecule has 2 heterocycles. The lowest BCUT2D eigenvalue weighted by atomic mass is 10.2. The van der Waals surface area contributed by atoms with Crippen LogP contribution in [0.5, 0.6) is 0 Å². The van der Waals surface area contributed by atoms with Crippen molar-refractivity contribution in [1.82, 2.24) is 14.8 Å². The number of pyridine rings is 1. The standard InChI is InChI=1S/C17H11ClFN5O/c18-15-8-14(3-1-11(15)9-20)24-6-5-13(23-24)7-17(25)22-16-4-2-12(19)10-21-16/h1-6,8,10H,7H2,(H,21,22,25). The number of hydrogen-bond acceptors (Lipinski definition) is 4. The Morgan fingerprint density at radius 2 is 2.16 bits per heavy atom. The molecule has 1 N–H and O–H groups in total. The zero-order valence-electron chi connectivity index (χ0n) is 12.8. The van der Waals surface area contributed by atoms with Gasteiger partial charge in [-0.25, -0.2) is 14.1 Å². The third kappa shape index (κ3) is 4.00. The van der Waals surface area contributed by atoms with Gasteiger partial charge in [0.15, 0.2) is 0 Å². The van der Waals surface area contributed by atoms with Gasteiger partial charge < -0.3 is 5.32 Å². The van der Waals surface area contributed by atoms with E-state index in [0.29, 0.717) is 22.0 Å². The molecule has 0 atom stereocenters. The molecule has 0 aliphatic rings. The molecule has 0 saturated carbocycles. The molecule has 0 bridgehead atoms. The molecule has 0 radical (unpaired) electrons. The van der Waals surface area contributed by atoms with Crippen molar-refractivity contribution in [3.05, 3.63) is 70.9 Å². The van der Waals surface area contributed by atoms with E-state index < -0.39 is 5.82 Å². The van der Waals surface area contributed by atoms with Crippen LogP contribution in [0, 0.1) is 17.1 Å². The van der Waals surface area contributed by atoms with Gasteiger partial charge in [-0.3, -0.25) is 4.79 Å². The highest BCUT2D eigenvalue weighted by atomic mass is 35.5. The third-order valence-corrected chi connectivity index (χ3v) is 3.63. The first-order chi connectivity index (χ1) is 12.0. The normalized spacial score (nSPS) is 10.3. The van der Waals surface area contributed by atoms with Crippen molar-refractivity contribution in [1.29, 1.82) is 5.26 Å². The smallest absolute Gasteiger partial charge is 0.231 e. The Bertz CT molecular complexity index is 962. The van der Waals surface area contributed by atoms with Gasteiger partial charge in [0.1, 0.15) is 17.7 Å². The first-order valence-corrected chi connectivity index (χ1v) is 7.59. The highest BCUT2D eigenvalue weighted by molar-refractivity contribution is 6.31. The zero-order chi connectivity index (χ0) is 17.8. The van der Waals surface area contributed by atoms with Gasteiger partial charge >= 0.3 is 0 Å². The predicted molar refractivity (Wildman–Crippen MR) is 89.8 cm³/mol. The molecule has 1 aromatic carbocycles. The molecular weight excluding hydrogens is 345 g/mol. The summed E-state index contributed by atoms with van der Waals surface area (Å²) >= 11 is 6.01. The summed E-state index contributed by atoms with van der Waals surface area (Å²) in [7, 11) is 0. The second-order valence-corrected chi connectivity index (χ2v) is 5.52. The van der Waals surface area contributed by atoms with E-state index >= 15 is 0 Å². The van der Waals surface area contributed by atoms with E-state index in [9.17, 15) is 9.18 Å². The van der Waals surface area contributed by atoms with Gasteiger partial charge in [0.05, 0.1) is 34.6 Å². The molecule has 0 spiro atoms. The maximum absolute atomic E-state index is 12.8. The molecule has 1 amide bonds. The molecule has 3 aromatic rings. The van der Waals surface area contributed by atoms with Crippen molar-refractivity contribution in [2.24, 2.45) is 0 Å². The van der Waals surface area contributed by atoms with Crippen LogP contribution in [0.4, 0.5) is 10.2 Å². The Balaban J connectivity index is 1.69. The van der Waals surface area contributed by atoms with Crippen molar-refractivity contribution in [3.8, 4) is 11.8 Å². The first-order valence-electron chi connectivity index (χ1n) is 7.21. The quantitative estimate of drug-likeness (QED) is 0.779. The lowest BCUT2D eigenvalue weighted by Gasteiger charge is -2.04. The molecule has 0 aliphatic heterocycles. The number of hydrogen-bond donors (Lipinski definition) is 1. The van der Waals surface area contributed by atoms with E-state index in [0.717, 1.165) is 6.20 Å². The highest BCUT2D eigenvalue weighted by Crippen LogP contribution is 2.19. The van der Waals surface area contributed by atoms with Crippen LogP contribution in [0.2, 0.25) is 5.02 Å². The zero-order valence-corrected chi connectivity index (χ0v) is 13.5. The summed E-state index contributed by atoms with van der Waals surface area (Å²) in [5.74, 6) is -0.523. The number of amides is 1. The van der Waals surface area contributed by atoms with Crippen molar-refractivity contribution in [2.45, 2.75) is 6.42 Å². The van der Waals surface area contributed by atoms with Gasteiger partial charge in [-0.2, -0.15) is 10.4 Å². The van der Waals surface area contributed by atoms with Crippen LogP contribution in [0.3, 0.4) is 0 Å². The molecule has 0 fully saturated rings. The fourth-order valence-corrected chi connectivity index (χ4v) is 2.36. The fraction of sp³-hybridized carbons (Fsp3) is 0.0588. The summed E-state index contributed by atoms with van der Waals surface area (Å²) in [5, 5.41) is 16.1. The molecule has 124 valence electrons. The lowest BCUT2D eigenvalue weighted by molar-refractivity contribution is -0.115. The Labute approximate surface area is 147 Å². The minimum atomic E-state index is -0.474. The summed E-state index contributed by atoms with van der Waals surface area (Å²) in [6, 6.07) is 11.2. The second-order valence-electron chi connectivity index (χ2n) is 5.11.